The van der Waals surface area contributed by atoms with E-state index in [4.69, 9.17) is 18.0 Å². The van der Waals surface area contributed by atoms with Crippen molar-refractivity contribution in [2.45, 2.75) is 6.54 Å². The van der Waals surface area contributed by atoms with Crippen molar-refractivity contribution < 1.29 is 0 Å². The Morgan fingerprint density at radius 1 is 1.31 bits per heavy atom. The lowest BCUT2D eigenvalue weighted by atomic mass is 10.2. The van der Waals surface area contributed by atoms with E-state index in [9.17, 15) is 0 Å². The molecule has 2 aromatic rings. The molecule has 0 aliphatic carbocycles. The van der Waals surface area contributed by atoms with E-state index in [0.29, 0.717) is 11.5 Å². The number of thiocarbonyl (C=S) groups is 1. The minimum Gasteiger partial charge on any atom is -0.392 e. The third-order valence-electron chi connectivity index (χ3n) is 2.01. The Labute approximate surface area is 82.0 Å². The molecule has 1 aromatic heterocycles. The third kappa shape index (κ3) is 1.55. The van der Waals surface area contributed by atoms with Gasteiger partial charge < -0.3 is 10.3 Å². The number of benzene rings is 1. The number of para-hydroxylation sites is 1. The fourth-order valence-electron chi connectivity index (χ4n) is 1.45. The number of fused-ring (bicyclic) bond motifs is 1. The smallest absolute Gasteiger partial charge is 0.0928 e. The van der Waals surface area contributed by atoms with Gasteiger partial charge in [-0.2, -0.15) is 0 Å². The van der Waals surface area contributed by atoms with Crippen molar-refractivity contribution in [3.05, 3.63) is 36.5 Å². The maximum atomic E-state index is 5.49. The molecule has 1 heterocycles. The highest BCUT2D eigenvalue weighted by atomic mass is 32.1. The number of hydrogen-bond donors (Lipinski definition) is 1. The van der Waals surface area contributed by atoms with Gasteiger partial charge in [-0.3, -0.25) is 0 Å². The number of nitrogens with zero attached hydrogens (tertiary/aromatic N) is 1. The molecule has 13 heavy (non-hydrogen) atoms. The Morgan fingerprint density at radius 3 is 2.85 bits per heavy atom. The number of aromatic nitrogens is 1. The van der Waals surface area contributed by atoms with Crippen LogP contribution in [0, 0.1) is 0 Å². The van der Waals surface area contributed by atoms with Gasteiger partial charge in [0.25, 0.3) is 0 Å². The molecule has 3 heteroatoms. The highest BCUT2D eigenvalue weighted by Crippen LogP contribution is 2.14. The van der Waals surface area contributed by atoms with Gasteiger partial charge in [-0.1, -0.05) is 30.4 Å². The predicted molar refractivity (Wildman–Crippen MR) is 58.7 cm³/mol. The van der Waals surface area contributed by atoms with Crippen LogP contribution in [-0.4, -0.2) is 9.56 Å². The lowest BCUT2D eigenvalue weighted by molar-refractivity contribution is 0.901. The topological polar surface area (TPSA) is 30.9 Å². The molecule has 0 unspecified atom stereocenters. The first-order chi connectivity index (χ1) is 6.27. The SMILES string of the molecule is NC(=S)Cn1ccc2ccccc21. The van der Waals surface area contributed by atoms with Crippen LogP contribution in [0.25, 0.3) is 10.9 Å². The fraction of sp³-hybridized carbons (Fsp3) is 0.100. The highest BCUT2D eigenvalue weighted by Gasteiger charge is 1.99. The first-order valence-corrected chi connectivity index (χ1v) is 4.50. The van der Waals surface area contributed by atoms with Gasteiger partial charge in [0.1, 0.15) is 0 Å². The summed E-state index contributed by atoms with van der Waals surface area (Å²) in [5.74, 6) is 0. The summed E-state index contributed by atoms with van der Waals surface area (Å²) in [6, 6.07) is 10.2. The molecule has 0 bridgehead atoms. The molecule has 66 valence electrons. The molecular formula is C10H10N2S. The molecule has 0 saturated carbocycles. The molecular weight excluding hydrogens is 180 g/mol. The zero-order valence-electron chi connectivity index (χ0n) is 7.10. The van der Waals surface area contributed by atoms with Crippen LogP contribution in [0.5, 0.6) is 0 Å². The average Bonchev–Trinajstić information content (AvgIpc) is 2.48. The third-order valence-corrected chi connectivity index (χ3v) is 2.14. The van der Waals surface area contributed by atoms with Gasteiger partial charge >= 0.3 is 0 Å². The molecule has 0 aliphatic heterocycles. The van der Waals surface area contributed by atoms with Crippen molar-refractivity contribution in [3.63, 3.8) is 0 Å². The summed E-state index contributed by atoms with van der Waals surface area (Å²) in [5.41, 5.74) is 6.66. The Balaban J connectivity index is 2.51. The van der Waals surface area contributed by atoms with Gasteiger partial charge in [0.15, 0.2) is 0 Å². The maximum Gasteiger partial charge on any atom is 0.0928 e. The predicted octanol–water partition coefficient (Wildman–Crippen LogP) is 1.93. The standard InChI is InChI=1S/C10H10N2S/c11-10(13)7-12-6-5-8-3-1-2-4-9(8)12/h1-6H,7H2,(H2,11,13). The molecule has 0 amide bonds. The molecule has 0 saturated heterocycles. The fourth-order valence-corrected chi connectivity index (χ4v) is 1.59. The summed E-state index contributed by atoms with van der Waals surface area (Å²) in [7, 11) is 0. The zero-order chi connectivity index (χ0) is 9.26. The monoisotopic (exact) mass is 190 g/mol. The van der Waals surface area contributed by atoms with E-state index in [2.05, 4.69) is 22.8 Å². The molecule has 0 fully saturated rings. The van der Waals surface area contributed by atoms with Crippen LogP contribution in [0.1, 0.15) is 0 Å². The molecule has 0 atom stereocenters. The van der Waals surface area contributed by atoms with Gasteiger partial charge in [0.05, 0.1) is 11.5 Å². The van der Waals surface area contributed by atoms with Crippen LogP contribution in [0.3, 0.4) is 0 Å². The van der Waals surface area contributed by atoms with Crippen LogP contribution in [-0.2, 0) is 6.54 Å². The van der Waals surface area contributed by atoms with Gasteiger partial charge in [-0.25, -0.2) is 0 Å². The van der Waals surface area contributed by atoms with Crippen molar-refractivity contribution in [3.8, 4) is 0 Å². The second-order valence-corrected chi connectivity index (χ2v) is 3.49. The summed E-state index contributed by atoms with van der Waals surface area (Å²) >= 11 is 4.86. The van der Waals surface area contributed by atoms with Gasteiger partial charge in [-0.05, 0) is 17.5 Å². The van der Waals surface area contributed by atoms with E-state index in [1.165, 1.54) is 10.9 Å². The van der Waals surface area contributed by atoms with E-state index < -0.39 is 0 Å². The summed E-state index contributed by atoms with van der Waals surface area (Å²) in [6.45, 7) is 0.614. The second-order valence-electron chi connectivity index (χ2n) is 2.97. The zero-order valence-corrected chi connectivity index (χ0v) is 7.92. The molecule has 2 N–H and O–H groups in total. The molecule has 2 nitrogen and oxygen atoms in total. The molecule has 0 spiro atoms. The lowest BCUT2D eigenvalue weighted by Gasteiger charge is -2.02. The van der Waals surface area contributed by atoms with Gasteiger partial charge in [0.2, 0.25) is 0 Å². The molecule has 2 rings (SSSR count). The molecule has 1 aromatic carbocycles. The van der Waals surface area contributed by atoms with Crippen LogP contribution in [0.2, 0.25) is 0 Å². The number of hydrogen-bond acceptors (Lipinski definition) is 1. The van der Waals surface area contributed by atoms with Gasteiger partial charge in [0, 0.05) is 11.7 Å². The van der Waals surface area contributed by atoms with Crippen molar-refractivity contribution in [1.82, 2.24) is 4.57 Å². The maximum absolute atomic E-state index is 5.49. The molecule has 0 aliphatic rings. The highest BCUT2D eigenvalue weighted by molar-refractivity contribution is 7.80. The van der Waals surface area contributed by atoms with Crippen LogP contribution in [0.4, 0.5) is 0 Å². The lowest BCUT2D eigenvalue weighted by Crippen LogP contribution is -2.15. The van der Waals surface area contributed by atoms with E-state index in [1.54, 1.807) is 0 Å². The van der Waals surface area contributed by atoms with E-state index in [0.717, 1.165) is 0 Å². The summed E-state index contributed by atoms with van der Waals surface area (Å²) in [4.78, 5) is 0.515. The van der Waals surface area contributed by atoms with Crippen LogP contribution < -0.4 is 5.73 Å². The Hall–Kier alpha value is -1.35. The van der Waals surface area contributed by atoms with Gasteiger partial charge in [-0.15, -0.1) is 0 Å². The normalized spacial score (nSPS) is 10.5. The second kappa shape index (κ2) is 3.18. The van der Waals surface area contributed by atoms with E-state index >= 15 is 0 Å². The largest absolute Gasteiger partial charge is 0.392 e. The van der Waals surface area contributed by atoms with Crippen molar-refractivity contribution in [2.75, 3.05) is 0 Å². The molecule has 0 radical (unpaired) electrons. The van der Waals surface area contributed by atoms with Crippen LogP contribution in [0.15, 0.2) is 36.5 Å². The van der Waals surface area contributed by atoms with Crippen molar-refractivity contribution >= 4 is 28.1 Å². The number of rotatable bonds is 2. The Kier molecular flexibility index (Phi) is 2.02. The van der Waals surface area contributed by atoms with Crippen molar-refractivity contribution in [1.29, 1.82) is 0 Å². The summed E-state index contributed by atoms with van der Waals surface area (Å²) in [5, 5.41) is 1.22. The summed E-state index contributed by atoms with van der Waals surface area (Å²) in [6.07, 6.45) is 2.00. The minimum absolute atomic E-state index is 0.515. The van der Waals surface area contributed by atoms with E-state index in [1.807, 2.05) is 18.3 Å². The quantitative estimate of drug-likeness (QED) is 0.733. The Morgan fingerprint density at radius 2 is 2.08 bits per heavy atom. The summed E-state index contributed by atoms with van der Waals surface area (Å²) < 4.78 is 2.05. The first-order valence-electron chi connectivity index (χ1n) is 4.09. The van der Waals surface area contributed by atoms with E-state index in [-0.39, 0.29) is 0 Å². The van der Waals surface area contributed by atoms with Crippen molar-refractivity contribution in [2.24, 2.45) is 5.73 Å². The number of nitrogens with two attached hydrogens (primary N) is 1. The average molecular weight is 190 g/mol. The minimum atomic E-state index is 0.515. The van der Waals surface area contributed by atoms with Crippen LogP contribution >= 0.6 is 12.2 Å². The Bertz CT molecular complexity index is 445. The first kappa shape index (κ1) is 8.26.